The molecule has 24 heavy (non-hydrogen) atoms. The van der Waals surface area contributed by atoms with Gasteiger partial charge in [0.15, 0.2) is 0 Å². The molecule has 1 aliphatic heterocycles. The Balaban J connectivity index is 1.68. The number of amides is 3. The predicted octanol–water partition coefficient (Wildman–Crippen LogP) is 1.22. The molecule has 128 valence electrons. The van der Waals surface area contributed by atoms with Crippen molar-refractivity contribution < 1.29 is 19.1 Å². The Morgan fingerprint density at radius 3 is 2.29 bits per heavy atom. The van der Waals surface area contributed by atoms with Gasteiger partial charge in [-0.1, -0.05) is 6.07 Å². The van der Waals surface area contributed by atoms with Gasteiger partial charge in [0, 0.05) is 31.4 Å². The standard InChI is InChI=1S/C17H21N3O4/c1-12(21)18-13-3-2-4-14(11-13)19-15(22)17(5-6-17)16(23)20-7-9-24-10-8-20/h2-4,11H,5-10H2,1H3,(H,18,21)(H,19,22). The Morgan fingerprint density at radius 1 is 1.08 bits per heavy atom. The summed E-state index contributed by atoms with van der Waals surface area (Å²) in [6, 6.07) is 6.89. The number of hydrogen-bond donors (Lipinski definition) is 2. The summed E-state index contributed by atoms with van der Waals surface area (Å²) in [5.74, 6) is -0.570. The van der Waals surface area contributed by atoms with Gasteiger partial charge < -0.3 is 20.3 Å². The average molecular weight is 331 g/mol. The van der Waals surface area contributed by atoms with Crippen molar-refractivity contribution in [2.24, 2.45) is 5.41 Å². The first-order valence-corrected chi connectivity index (χ1v) is 8.07. The molecule has 1 saturated heterocycles. The number of rotatable bonds is 4. The zero-order valence-corrected chi connectivity index (χ0v) is 13.6. The number of ether oxygens (including phenoxy) is 1. The first kappa shape index (κ1) is 16.4. The highest BCUT2D eigenvalue weighted by molar-refractivity contribution is 6.13. The van der Waals surface area contributed by atoms with Crippen LogP contribution in [0.2, 0.25) is 0 Å². The third-order valence-corrected chi connectivity index (χ3v) is 4.33. The summed E-state index contributed by atoms with van der Waals surface area (Å²) in [7, 11) is 0. The van der Waals surface area contributed by atoms with Gasteiger partial charge in [-0.3, -0.25) is 14.4 Å². The fourth-order valence-electron chi connectivity index (χ4n) is 2.86. The second kappa shape index (κ2) is 6.60. The number of anilines is 2. The average Bonchev–Trinajstić information content (AvgIpc) is 3.36. The van der Waals surface area contributed by atoms with Crippen LogP contribution in [-0.4, -0.2) is 48.9 Å². The van der Waals surface area contributed by atoms with E-state index in [0.29, 0.717) is 50.5 Å². The van der Waals surface area contributed by atoms with E-state index >= 15 is 0 Å². The summed E-state index contributed by atoms with van der Waals surface area (Å²) in [5.41, 5.74) is 0.221. The first-order valence-electron chi connectivity index (χ1n) is 8.07. The minimum atomic E-state index is -0.943. The van der Waals surface area contributed by atoms with Gasteiger partial charge in [0.05, 0.1) is 13.2 Å². The lowest BCUT2D eigenvalue weighted by atomic mass is 10.0. The normalized spacial score (nSPS) is 18.6. The van der Waals surface area contributed by atoms with Crippen LogP contribution >= 0.6 is 0 Å². The van der Waals surface area contributed by atoms with Crippen molar-refractivity contribution in [2.75, 3.05) is 36.9 Å². The molecule has 2 N–H and O–H groups in total. The summed E-state index contributed by atoms with van der Waals surface area (Å²) in [6.45, 7) is 3.52. The van der Waals surface area contributed by atoms with Crippen molar-refractivity contribution in [1.82, 2.24) is 4.90 Å². The molecular weight excluding hydrogens is 310 g/mol. The molecule has 2 fully saturated rings. The van der Waals surface area contributed by atoms with E-state index in [9.17, 15) is 14.4 Å². The van der Waals surface area contributed by atoms with Gasteiger partial charge in [0.25, 0.3) is 0 Å². The van der Waals surface area contributed by atoms with Gasteiger partial charge in [-0.25, -0.2) is 0 Å². The van der Waals surface area contributed by atoms with Crippen molar-refractivity contribution in [3.8, 4) is 0 Å². The first-order chi connectivity index (χ1) is 11.5. The SMILES string of the molecule is CC(=O)Nc1cccc(NC(=O)C2(C(=O)N3CCOCC3)CC2)c1. The van der Waals surface area contributed by atoms with Gasteiger partial charge in [-0.15, -0.1) is 0 Å². The summed E-state index contributed by atoms with van der Waals surface area (Å²) in [4.78, 5) is 38.1. The quantitative estimate of drug-likeness (QED) is 0.812. The molecule has 2 aliphatic rings. The van der Waals surface area contributed by atoms with Crippen LogP contribution < -0.4 is 10.6 Å². The van der Waals surface area contributed by atoms with E-state index in [-0.39, 0.29) is 17.7 Å². The molecule has 1 saturated carbocycles. The van der Waals surface area contributed by atoms with Crippen molar-refractivity contribution in [3.63, 3.8) is 0 Å². The molecule has 1 aromatic rings. The minimum Gasteiger partial charge on any atom is -0.378 e. The van der Waals surface area contributed by atoms with E-state index < -0.39 is 5.41 Å². The second-order valence-electron chi connectivity index (χ2n) is 6.20. The fourth-order valence-corrected chi connectivity index (χ4v) is 2.86. The number of nitrogens with one attached hydrogen (secondary N) is 2. The molecule has 7 nitrogen and oxygen atoms in total. The molecule has 0 radical (unpaired) electrons. The molecular formula is C17H21N3O4. The molecule has 0 spiro atoms. The van der Waals surface area contributed by atoms with E-state index in [1.807, 2.05) is 0 Å². The zero-order valence-electron chi connectivity index (χ0n) is 13.6. The topological polar surface area (TPSA) is 87.7 Å². The lowest BCUT2D eigenvalue weighted by Crippen LogP contribution is -2.47. The van der Waals surface area contributed by atoms with E-state index in [2.05, 4.69) is 10.6 Å². The Bertz CT molecular complexity index is 664. The van der Waals surface area contributed by atoms with Crippen molar-refractivity contribution in [3.05, 3.63) is 24.3 Å². The van der Waals surface area contributed by atoms with Gasteiger partial charge >= 0.3 is 0 Å². The van der Waals surface area contributed by atoms with Crippen LogP contribution in [0.3, 0.4) is 0 Å². The number of carbonyl (C=O) groups is 3. The zero-order chi connectivity index (χ0) is 17.2. The number of morpholine rings is 1. The highest BCUT2D eigenvalue weighted by Gasteiger charge is 2.58. The third kappa shape index (κ3) is 3.41. The fraction of sp³-hybridized carbons (Fsp3) is 0.471. The Labute approximate surface area is 140 Å². The van der Waals surface area contributed by atoms with Crippen LogP contribution in [0.15, 0.2) is 24.3 Å². The van der Waals surface area contributed by atoms with Gasteiger partial charge in [-0.2, -0.15) is 0 Å². The molecule has 1 aromatic carbocycles. The Hall–Kier alpha value is -2.41. The van der Waals surface area contributed by atoms with Crippen molar-refractivity contribution in [2.45, 2.75) is 19.8 Å². The van der Waals surface area contributed by atoms with Crippen LogP contribution in [-0.2, 0) is 19.1 Å². The lowest BCUT2D eigenvalue weighted by molar-refractivity contribution is -0.145. The summed E-state index contributed by atoms with van der Waals surface area (Å²) in [5, 5.41) is 5.48. The van der Waals surface area contributed by atoms with Crippen LogP contribution in [0, 0.1) is 5.41 Å². The summed E-state index contributed by atoms with van der Waals surface area (Å²) < 4.78 is 5.25. The predicted molar refractivity (Wildman–Crippen MR) is 88.4 cm³/mol. The van der Waals surface area contributed by atoms with Gasteiger partial charge in [-0.05, 0) is 31.0 Å². The molecule has 1 heterocycles. The van der Waals surface area contributed by atoms with Crippen LogP contribution in [0.25, 0.3) is 0 Å². The molecule has 3 amide bonds. The maximum absolute atomic E-state index is 12.7. The van der Waals surface area contributed by atoms with E-state index in [0.717, 1.165) is 0 Å². The largest absolute Gasteiger partial charge is 0.378 e. The maximum Gasteiger partial charge on any atom is 0.240 e. The number of carbonyl (C=O) groups excluding carboxylic acids is 3. The lowest BCUT2D eigenvalue weighted by Gasteiger charge is -2.30. The summed E-state index contributed by atoms with van der Waals surface area (Å²) >= 11 is 0. The molecule has 7 heteroatoms. The number of benzene rings is 1. The van der Waals surface area contributed by atoms with Crippen LogP contribution in [0.5, 0.6) is 0 Å². The molecule has 3 rings (SSSR count). The minimum absolute atomic E-state index is 0.110. The molecule has 1 aliphatic carbocycles. The van der Waals surface area contributed by atoms with Crippen molar-refractivity contribution in [1.29, 1.82) is 0 Å². The van der Waals surface area contributed by atoms with E-state index in [1.165, 1.54) is 6.92 Å². The number of nitrogens with zero attached hydrogens (tertiary/aromatic N) is 1. The molecule has 0 aromatic heterocycles. The third-order valence-electron chi connectivity index (χ3n) is 4.33. The Morgan fingerprint density at radius 2 is 1.71 bits per heavy atom. The van der Waals surface area contributed by atoms with Crippen molar-refractivity contribution >= 4 is 29.1 Å². The number of hydrogen-bond acceptors (Lipinski definition) is 4. The molecule has 0 atom stereocenters. The molecule has 0 bridgehead atoms. The monoisotopic (exact) mass is 331 g/mol. The highest BCUT2D eigenvalue weighted by atomic mass is 16.5. The van der Waals surface area contributed by atoms with Crippen LogP contribution in [0.4, 0.5) is 11.4 Å². The van der Waals surface area contributed by atoms with Gasteiger partial charge in [0.1, 0.15) is 5.41 Å². The van der Waals surface area contributed by atoms with Crippen LogP contribution in [0.1, 0.15) is 19.8 Å². The molecule has 0 unspecified atom stereocenters. The summed E-state index contributed by atoms with van der Waals surface area (Å²) in [6.07, 6.45) is 1.14. The second-order valence-corrected chi connectivity index (χ2v) is 6.20. The maximum atomic E-state index is 12.7. The van der Waals surface area contributed by atoms with E-state index in [1.54, 1.807) is 29.2 Å². The van der Waals surface area contributed by atoms with E-state index in [4.69, 9.17) is 4.74 Å². The highest BCUT2D eigenvalue weighted by Crippen LogP contribution is 2.48. The smallest absolute Gasteiger partial charge is 0.240 e. The van der Waals surface area contributed by atoms with Gasteiger partial charge in [0.2, 0.25) is 17.7 Å². The Kier molecular flexibility index (Phi) is 4.53.